The third-order valence-corrected chi connectivity index (χ3v) is 5.87. The largest absolute Gasteiger partial charge is 0.342 e. The van der Waals surface area contributed by atoms with Gasteiger partial charge in [0.05, 0.1) is 17.5 Å². The molecule has 2 aromatic heterocycles. The second-order valence-electron chi connectivity index (χ2n) is 6.43. The lowest BCUT2D eigenvalue weighted by Crippen LogP contribution is -2.28. The van der Waals surface area contributed by atoms with Crippen LogP contribution < -0.4 is 10.6 Å². The number of anilines is 1. The number of carbonyl (C=O) groups excluding carboxylic acids is 2. The normalized spacial score (nSPS) is 11.7. The highest BCUT2D eigenvalue weighted by Gasteiger charge is 2.20. The third kappa shape index (κ3) is 5.55. The van der Waals surface area contributed by atoms with Gasteiger partial charge in [0.15, 0.2) is 16.1 Å². The van der Waals surface area contributed by atoms with E-state index in [2.05, 4.69) is 32.4 Å². The molecule has 156 valence electrons. The summed E-state index contributed by atoms with van der Waals surface area (Å²) in [6, 6.07) is 8.61. The Morgan fingerprint density at radius 1 is 1.30 bits per heavy atom. The summed E-state index contributed by atoms with van der Waals surface area (Å²) in [5.74, 6) is 0.397. The molecule has 30 heavy (non-hydrogen) atoms. The number of thioether (sulfide) groups is 1. The van der Waals surface area contributed by atoms with Crippen molar-refractivity contribution in [3.05, 3.63) is 65.4 Å². The van der Waals surface area contributed by atoms with Crippen molar-refractivity contribution in [2.45, 2.75) is 31.6 Å². The molecule has 0 saturated carbocycles. The minimum absolute atomic E-state index is 0.165. The predicted molar refractivity (Wildman–Crippen MR) is 119 cm³/mol. The van der Waals surface area contributed by atoms with Crippen molar-refractivity contribution in [2.75, 3.05) is 11.1 Å². The van der Waals surface area contributed by atoms with Gasteiger partial charge in [-0.3, -0.25) is 9.59 Å². The van der Waals surface area contributed by atoms with Gasteiger partial charge in [0.1, 0.15) is 0 Å². The molecule has 1 atom stereocenters. The second kappa shape index (κ2) is 10.2. The molecule has 0 aliphatic heterocycles. The SMILES string of the molecule is C=CCn1c(SCC(=O)Nc2nc(C)cs2)nnc1C(C)NC(=O)c1ccccc1. The van der Waals surface area contributed by atoms with Crippen molar-refractivity contribution < 1.29 is 9.59 Å². The smallest absolute Gasteiger partial charge is 0.251 e. The molecule has 3 rings (SSSR count). The predicted octanol–water partition coefficient (Wildman–Crippen LogP) is 3.45. The zero-order valence-electron chi connectivity index (χ0n) is 16.7. The van der Waals surface area contributed by atoms with Gasteiger partial charge in [-0.05, 0) is 26.0 Å². The number of allylic oxidation sites excluding steroid dienone is 1. The summed E-state index contributed by atoms with van der Waals surface area (Å²) < 4.78 is 1.84. The number of thiazole rings is 1. The molecule has 0 bridgehead atoms. The van der Waals surface area contributed by atoms with Crippen LogP contribution in [0.2, 0.25) is 0 Å². The van der Waals surface area contributed by atoms with Gasteiger partial charge in [0.2, 0.25) is 5.91 Å². The molecule has 0 saturated heterocycles. The minimum atomic E-state index is -0.369. The number of benzene rings is 1. The molecule has 0 radical (unpaired) electrons. The Morgan fingerprint density at radius 2 is 2.07 bits per heavy atom. The fourth-order valence-electron chi connectivity index (χ4n) is 2.66. The second-order valence-corrected chi connectivity index (χ2v) is 8.23. The molecular weight excluding hydrogens is 420 g/mol. The highest BCUT2D eigenvalue weighted by atomic mass is 32.2. The Bertz CT molecular complexity index is 1030. The lowest BCUT2D eigenvalue weighted by molar-refractivity contribution is -0.113. The van der Waals surface area contributed by atoms with Crippen LogP contribution in [0.5, 0.6) is 0 Å². The van der Waals surface area contributed by atoms with Crippen LogP contribution in [0, 0.1) is 6.92 Å². The van der Waals surface area contributed by atoms with Crippen molar-refractivity contribution in [3.8, 4) is 0 Å². The maximum Gasteiger partial charge on any atom is 0.251 e. The number of hydrogen-bond donors (Lipinski definition) is 2. The van der Waals surface area contributed by atoms with Crippen molar-refractivity contribution >= 4 is 40.0 Å². The van der Waals surface area contributed by atoms with Gasteiger partial charge in [0.25, 0.3) is 5.91 Å². The number of hydrogen-bond acceptors (Lipinski definition) is 7. The van der Waals surface area contributed by atoms with E-state index >= 15 is 0 Å². The van der Waals surface area contributed by atoms with Crippen LogP contribution in [0.3, 0.4) is 0 Å². The molecule has 2 heterocycles. The van der Waals surface area contributed by atoms with Gasteiger partial charge < -0.3 is 15.2 Å². The van der Waals surface area contributed by atoms with E-state index in [1.54, 1.807) is 18.2 Å². The van der Waals surface area contributed by atoms with E-state index in [4.69, 9.17) is 0 Å². The minimum Gasteiger partial charge on any atom is -0.342 e. The van der Waals surface area contributed by atoms with E-state index in [-0.39, 0.29) is 23.6 Å². The molecule has 0 aliphatic carbocycles. The Labute approximate surface area is 182 Å². The van der Waals surface area contributed by atoms with Gasteiger partial charge in [-0.2, -0.15) is 0 Å². The summed E-state index contributed by atoms with van der Waals surface area (Å²) in [5.41, 5.74) is 1.44. The van der Waals surface area contributed by atoms with E-state index < -0.39 is 0 Å². The van der Waals surface area contributed by atoms with Crippen molar-refractivity contribution in [3.63, 3.8) is 0 Å². The fourth-order valence-corrected chi connectivity index (χ4v) is 4.12. The van der Waals surface area contributed by atoms with Crippen LogP contribution >= 0.6 is 23.1 Å². The number of nitrogens with one attached hydrogen (secondary N) is 2. The van der Waals surface area contributed by atoms with E-state index in [0.29, 0.717) is 28.2 Å². The van der Waals surface area contributed by atoms with Crippen LogP contribution in [-0.4, -0.2) is 37.3 Å². The van der Waals surface area contributed by atoms with Crippen LogP contribution in [0.4, 0.5) is 5.13 Å². The number of carbonyl (C=O) groups is 2. The van der Waals surface area contributed by atoms with E-state index in [9.17, 15) is 9.59 Å². The number of rotatable bonds is 9. The molecule has 8 nitrogen and oxygen atoms in total. The van der Waals surface area contributed by atoms with Crippen molar-refractivity contribution in [1.29, 1.82) is 0 Å². The average molecular weight is 443 g/mol. The Hall–Kier alpha value is -2.98. The first kappa shape index (κ1) is 21.7. The zero-order chi connectivity index (χ0) is 21.5. The molecule has 2 N–H and O–H groups in total. The number of aromatic nitrogens is 4. The van der Waals surface area contributed by atoms with Gasteiger partial charge >= 0.3 is 0 Å². The summed E-state index contributed by atoms with van der Waals surface area (Å²) in [7, 11) is 0. The van der Waals surface area contributed by atoms with Gasteiger partial charge in [-0.25, -0.2) is 4.98 Å². The molecular formula is C20H22N6O2S2. The van der Waals surface area contributed by atoms with Crippen LogP contribution in [0.1, 0.15) is 34.8 Å². The van der Waals surface area contributed by atoms with Crippen LogP contribution in [-0.2, 0) is 11.3 Å². The summed E-state index contributed by atoms with van der Waals surface area (Å²) >= 11 is 2.65. The van der Waals surface area contributed by atoms with Gasteiger partial charge in [0, 0.05) is 17.5 Å². The molecule has 0 spiro atoms. The topological polar surface area (TPSA) is 102 Å². The monoisotopic (exact) mass is 442 g/mol. The van der Waals surface area contributed by atoms with Gasteiger partial charge in [-0.15, -0.1) is 28.1 Å². The van der Waals surface area contributed by atoms with E-state index in [0.717, 1.165) is 5.69 Å². The molecule has 0 aliphatic rings. The number of amides is 2. The first-order valence-electron chi connectivity index (χ1n) is 9.22. The number of nitrogens with zero attached hydrogens (tertiary/aromatic N) is 4. The van der Waals surface area contributed by atoms with Gasteiger partial charge in [-0.1, -0.05) is 36.0 Å². The van der Waals surface area contributed by atoms with Crippen LogP contribution in [0.15, 0.2) is 53.5 Å². The maximum absolute atomic E-state index is 12.4. The molecule has 1 unspecified atom stereocenters. The van der Waals surface area contributed by atoms with E-state index in [1.807, 2.05) is 42.0 Å². The molecule has 1 aromatic carbocycles. The zero-order valence-corrected chi connectivity index (χ0v) is 18.3. The highest BCUT2D eigenvalue weighted by molar-refractivity contribution is 7.99. The first-order valence-corrected chi connectivity index (χ1v) is 11.1. The Kier molecular flexibility index (Phi) is 7.36. The standard InChI is InChI=1S/C20H22N6O2S2/c1-4-10-26-17(14(3)22-18(28)15-8-6-5-7-9-15)24-25-20(26)30-12-16(27)23-19-21-13(2)11-29-19/h4-9,11,14H,1,10,12H2,2-3H3,(H,22,28)(H,21,23,27). The van der Waals surface area contributed by atoms with Crippen molar-refractivity contribution in [2.24, 2.45) is 0 Å². The fraction of sp³-hybridized carbons (Fsp3) is 0.250. The lowest BCUT2D eigenvalue weighted by Gasteiger charge is -2.15. The first-order chi connectivity index (χ1) is 14.5. The molecule has 0 fully saturated rings. The molecule has 3 aromatic rings. The summed E-state index contributed by atoms with van der Waals surface area (Å²) in [6.07, 6.45) is 1.72. The number of aryl methyl sites for hydroxylation is 1. The molecule has 2 amide bonds. The lowest BCUT2D eigenvalue weighted by atomic mass is 10.2. The highest BCUT2D eigenvalue weighted by Crippen LogP contribution is 2.22. The van der Waals surface area contributed by atoms with Crippen LogP contribution in [0.25, 0.3) is 0 Å². The maximum atomic E-state index is 12.4. The Balaban J connectivity index is 1.65. The molecule has 10 heteroatoms. The summed E-state index contributed by atoms with van der Waals surface area (Å²) in [4.78, 5) is 28.9. The summed E-state index contributed by atoms with van der Waals surface area (Å²) in [6.45, 7) is 7.96. The van der Waals surface area contributed by atoms with Crippen molar-refractivity contribution in [1.82, 2.24) is 25.1 Å². The average Bonchev–Trinajstić information content (AvgIpc) is 3.33. The summed E-state index contributed by atoms with van der Waals surface area (Å²) in [5, 5.41) is 17.2. The Morgan fingerprint density at radius 3 is 2.73 bits per heavy atom. The third-order valence-electron chi connectivity index (χ3n) is 4.03. The van der Waals surface area contributed by atoms with E-state index in [1.165, 1.54) is 23.1 Å². The quantitative estimate of drug-likeness (QED) is 0.389.